The fourth-order valence-electron chi connectivity index (χ4n) is 1.80. The molecule has 0 radical (unpaired) electrons. The van der Waals surface area contributed by atoms with E-state index in [4.69, 9.17) is 11.6 Å². The maximum absolute atomic E-state index is 13.7. The van der Waals surface area contributed by atoms with Crippen LogP contribution in [0.3, 0.4) is 0 Å². The standard InChI is InChI=1S/C14H10ClF2NO5S/c1-23-14(20)8-3-2-7(4-12(8)19)18-24(21,22)13-5-9(15)10(16)6-11(13)17/h2-6,18-19H,1H3. The number of methoxy groups -OCH3 is 1. The lowest BCUT2D eigenvalue weighted by molar-refractivity contribution is 0.0597. The summed E-state index contributed by atoms with van der Waals surface area (Å²) in [4.78, 5) is 10.5. The molecule has 128 valence electrons. The first-order valence-corrected chi connectivity index (χ1v) is 8.10. The predicted molar refractivity (Wildman–Crippen MR) is 81.6 cm³/mol. The first kappa shape index (κ1) is 18.0. The molecule has 2 N–H and O–H groups in total. The van der Waals surface area contributed by atoms with Crippen LogP contribution in [0.15, 0.2) is 35.2 Å². The van der Waals surface area contributed by atoms with Crippen molar-refractivity contribution in [2.75, 3.05) is 11.8 Å². The summed E-state index contributed by atoms with van der Waals surface area (Å²) in [5.74, 6) is -3.80. The zero-order valence-corrected chi connectivity index (χ0v) is 13.6. The summed E-state index contributed by atoms with van der Waals surface area (Å²) in [7, 11) is -3.33. The van der Waals surface area contributed by atoms with E-state index in [0.717, 1.165) is 25.3 Å². The number of carbonyl (C=O) groups is 1. The molecule has 0 atom stereocenters. The van der Waals surface area contributed by atoms with Crippen molar-refractivity contribution in [3.63, 3.8) is 0 Å². The normalized spacial score (nSPS) is 11.2. The van der Waals surface area contributed by atoms with Crippen LogP contribution in [0, 0.1) is 11.6 Å². The highest BCUT2D eigenvalue weighted by Crippen LogP contribution is 2.27. The Morgan fingerprint density at radius 2 is 1.88 bits per heavy atom. The molecule has 0 aliphatic carbocycles. The highest BCUT2D eigenvalue weighted by atomic mass is 35.5. The first-order chi connectivity index (χ1) is 11.2. The van der Waals surface area contributed by atoms with Crippen molar-refractivity contribution in [3.05, 3.63) is 52.6 Å². The van der Waals surface area contributed by atoms with Crippen LogP contribution in [-0.4, -0.2) is 26.6 Å². The average Bonchev–Trinajstić information content (AvgIpc) is 2.49. The largest absolute Gasteiger partial charge is 0.507 e. The highest BCUT2D eigenvalue weighted by Gasteiger charge is 2.22. The van der Waals surface area contributed by atoms with Crippen molar-refractivity contribution in [3.8, 4) is 5.75 Å². The number of ether oxygens (including phenoxy) is 1. The molecule has 2 rings (SSSR count). The minimum absolute atomic E-state index is 0.153. The number of hydrogen-bond acceptors (Lipinski definition) is 5. The fourth-order valence-corrected chi connectivity index (χ4v) is 3.16. The number of carbonyl (C=O) groups excluding carboxylic acids is 1. The maximum Gasteiger partial charge on any atom is 0.341 e. The maximum atomic E-state index is 13.7. The number of rotatable bonds is 4. The van der Waals surface area contributed by atoms with Gasteiger partial charge in [0.1, 0.15) is 27.8 Å². The second-order valence-electron chi connectivity index (χ2n) is 4.53. The van der Waals surface area contributed by atoms with Gasteiger partial charge in [-0.2, -0.15) is 0 Å². The molecule has 2 aromatic rings. The van der Waals surface area contributed by atoms with Gasteiger partial charge in [-0.25, -0.2) is 22.0 Å². The second kappa shape index (κ2) is 6.62. The van der Waals surface area contributed by atoms with Crippen molar-refractivity contribution in [1.82, 2.24) is 0 Å². The number of phenolic OH excluding ortho intramolecular Hbond substituents is 1. The second-order valence-corrected chi connectivity index (χ2v) is 6.58. The van der Waals surface area contributed by atoms with E-state index in [0.29, 0.717) is 12.1 Å². The van der Waals surface area contributed by atoms with E-state index in [-0.39, 0.29) is 11.3 Å². The Hall–Kier alpha value is -2.39. The van der Waals surface area contributed by atoms with Crippen LogP contribution in [-0.2, 0) is 14.8 Å². The number of nitrogens with one attached hydrogen (secondary N) is 1. The van der Waals surface area contributed by atoms with Gasteiger partial charge in [-0.1, -0.05) is 11.6 Å². The Bertz CT molecular complexity index is 918. The van der Waals surface area contributed by atoms with Gasteiger partial charge < -0.3 is 9.84 Å². The van der Waals surface area contributed by atoms with Crippen LogP contribution in [0.1, 0.15) is 10.4 Å². The molecule has 10 heteroatoms. The Labute approximate surface area is 140 Å². The summed E-state index contributed by atoms with van der Waals surface area (Å²) in [5.41, 5.74) is -0.337. The predicted octanol–water partition coefficient (Wildman–Crippen LogP) is 2.91. The smallest absolute Gasteiger partial charge is 0.341 e. The molecular weight excluding hydrogens is 368 g/mol. The van der Waals surface area contributed by atoms with Gasteiger partial charge >= 0.3 is 5.97 Å². The lowest BCUT2D eigenvalue weighted by atomic mass is 10.2. The zero-order valence-electron chi connectivity index (χ0n) is 12.0. The number of aromatic hydroxyl groups is 1. The van der Waals surface area contributed by atoms with Crippen LogP contribution >= 0.6 is 11.6 Å². The SMILES string of the molecule is COC(=O)c1ccc(NS(=O)(=O)c2cc(Cl)c(F)cc2F)cc1O. The fraction of sp³-hybridized carbons (Fsp3) is 0.0714. The third-order valence-corrected chi connectivity index (χ3v) is 4.61. The monoisotopic (exact) mass is 377 g/mol. The van der Waals surface area contributed by atoms with E-state index in [1.165, 1.54) is 0 Å². The molecule has 0 spiro atoms. The minimum Gasteiger partial charge on any atom is -0.507 e. The number of hydrogen-bond donors (Lipinski definition) is 2. The molecule has 0 aromatic heterocycles. The van der Waals surface area contributed by atoms with Crippen LogP contribution in [0.4, 0.5) is 14.5 Å². The molecule has 24 heavy (non-hydrogen) atoms. The van der Waals surface area contributed by atoms with Gasteiger partial charge in [0.25, 0.3) is 10.0 Å². The molecule has 6 nitrogen and oxygen atoms in total. The minimum atomic E-state index is -4.44. The van der Waals surface area contributed by atoms with Gasteiger partial charge in [0.05, 0.1) is 17.8 Å². The van der Waals surface area contributed by atoms with Crippen molar-refractivity contribution in [2.24, 2.45) is 0 Å². The zero-order chi connectivity index (χ0) is 18.1. The summed E-state index contributed by atoms with van der Waals surface area (Å²) < 4.78 is 57.6. The summed E-state index contributed by atoms with van der Waals surface area (Å²) in [6.07, 6.45) is 0. The van der Waals surface area contributed by atoms with Crippen LogP contribution < -0.4 is 4.72 Å². The number of sulfonamides is 1. The van der Waals surface area contributed by atoms with E-state index in [2.05, 4.69) is 4.74 Å². The molecule has 0 saturated carbocycles. The third-order valence-electron chi connectivity index (χ3n) is 2.92. The summed E-state index contributed by atoms with van der Waals surface area (Å²) in [6.45, 7) is 0. The van der Waals surface area contributed by atoms with Gasteiger partial charge in [-0.05, 0) is 18.2 Å². The van der Waals surface area contributed by atoms with Crippen molar-refractivity contribution in [2.45, 2.75) is 4.90 Å². The lowest BCUT2D eigenvalue weighted by Crippen LogP contribution is -2.15. The Kier molecular flexibility index (Phi) is 4.95. The number of phenols is 1. The van der Waals surface area contributed by atoms with Crippen molar-refractivity contribution >= 4 is 33.3 Å². The number of anilines is 1. The van der Waals surface area contributed by atoms with E-state index in [1.807, 2.05) is 4.72 Å². The molecule has 0 fully saturated rings. The first-order valence-electron chi connectivity index (χ1n) is 6.24. The molecule has 0 heterocycles. The van der Waals surface area contributed by atoms with E-state index < -0.39 is 43.3 Å². The molecule has 0 saturated heterocycles. The molecular formula is C14H10ClF2NO5S. The van der Waals surface area contributed by atoms with Gasteiger partial charge in [0.15, 0.2) is 0 Å². The van der Waals surface area contributed by atoms with Crippen molar-refractivity contribution < 1.29 is 31.8 Å². The molecule has 0 aliphatic rings. The Morgan fingerprint density at radius 3 is 2.46 bits per heavy atom. The number of esters is 1. The molecule has 0 amide bonds. The lowest BCUT2D eigenvalue weighted by Gasteiger charge is -2.11. The Balaban J connectivity index is 2.38. The number of benzene rings is 2. The summed E-state index contributed by atoms with van der Waals surface area (Å²) in [6, 6.07) is 4.18. The average molecular weight is 378 g/mol. The van der Waals surface area contributed by atoms with Gasteiger partial charge in [-0.15, -0.1) is 0 Å². The quantitative estimate of drug-likeness (QED) is 0.631. The molecule has 2 aromatic carbocycles. The van der Waals surface area contributed by atoms with E-state index in [1.54, 1.807) is 0 Å². The van der Waals surface area contributed by atoms with Crippen LogP contribution in [0.2, 0.25) is 5.02 Å². The highest BCUT2D eigenvalue weighted by molar-refractivity contribution is 7.92. The topological polar surface area (TPSA) is 92.7 Å². The van der Waals surface area contributed by atoms with E-state index >= 15 is 0 Å². The van der Waals surface area contributed by atoms with Crippen LogP contribution in [0.5, 0.6) is 5.75 Å². The van der Waals surface area contributed by atoms with Gasteiger partial charge in [-0.3, -0.25) is 4.72 Å². The van der Waals surface area contributed by atoms with Crippen LogP contribution in [0.25, 0.3) is 0 Å². The molecule has 0 aliphatic heterocycles. The Morgan fingerprint density at radius 1 is 1.21 bits per heavy atom. The third kappa shape index (κ3) is 3.57. The molecule has 0 bridgehead atoms. The molecule has 0 unspecified atom stereocenters. The summed E-state index contributed by atoms with van der Waals surface area (Å²) >= 11 is 5.47. The van der Waals surface area contributed by atoms with Gasteiger partial charge in [0.2, 0.25) is 0 Å². The van der Waals surface area contributed by atoms with Crippen molar-refractivity contribution in [1.29, 1.82) is 0 Å². The van der Waals surface area contributed by atoms with E-state index in [9.17, 15) is 27.1 Å². The van der Waals surface area contributed by atoms with Gasteiger partial charge in [0, 0.05) is 12.1 Å². The number of halogens is 3. The summed E-state index contributed by atoms with van der Waals surface area (Å²) in [5, 5.41) is 9.15.